The van der Waals surface area contributed by atoms with Gasteiger partial charge in [0.05, 0.1) is 34.2 Å². The summed E-state index contributed by atoms with van der Waals surface area (Å²) >= 11 is 0. The largest absolute Gasteiger partial charge is 3.00 e. The minimum absolute atomic E-state index is 0. The first-order chi connectivity index (χ1) is 24.4. The molecule has 7 heteroatoms. The van der Waals surface area contributed by atoms with E-state index in [4.69, 9.17) is 15.0 Å². The molecule has 0 aliphatic heterocycles. The summed E-state index contributed by atoms with van der Waals surface area (Å²) in [6, 6.07) is 16.4. The van der Waals surface area contributed by atoms with E-state index in [1.807, 2.05) is 0 Å². The zero-order chi connectivity index (χ0) is 34.5. The molecular weight excluding hydrogens is 769 g/mol. The minimum atomic E-state index is 0. The molecule has 3 nitrogen and oxygen atoms in total. The van der Waals surface area contributed by atoms with Gasteiger partial charge in [0.2, 0.25) is 0 Å². The number of nitrogens with zero attached hydrogens (tertiary/aromatic N) is 3. The summed E-state index contributed by atoms with van der Waals surface area (Å²) in [6.07, 6.45) is 26.6. The zero-order valence-electron chi connectivity index (χ0n) is 33.3. The van der Waals surface area contributed by atoms with Crippen LogP contribution >= 0.6 is 0 Å². The number of aliphatic imine (C=N–C) groups is 2. The molecule has 0 unspecified atom stereocenters. The maximum atomic E-state index is 5.58. The van der Waals surface area contributed by atoms with Crippen molar-refractivity contribution in [3.05, 3.63) is 87.2 Å². The first-order valence-corrected chi connectivity index (χ1v) is 20.8. The van der Waals surface area contributed by atoms with Gasteiger partial charge in [0, 0.05) is 0 Å². The fourth-order valence-electron chi connectivity index (χ4n) is 10.1. The topological polar surface area (TPSA) is 37.6 Å². The molecule has 1 radical (unpaired) electrons. The number of benzene rings is 2. The van der Waals surface area contributed by atoms with Crippen LogP contribution in [0.1, 0.15) is 211 Å². The van der Waals surface area contributed by atoms with E-state index < -0.39 is 0 Å². The van der Waals surface area contributed by atoms with Crippen molar-refractivity contribution in [3.8, 4) is 0 Å². The van der Waals surface area contributed by atoms with Gasteiger partial charge in [-0.2, -0.15) is 0 Å². The monoisotopic (exact) mass is 830 g/mol. The Morgan fingerprint density at radius 1 is 0.463 bits per heavy atom. The van der Waals surface area contributed by atoms with Crippen LogP contribution in [0.4, 0.5) is 11.4 Å². The Morgan fingerprint density at radius 2 is 0.722 bits per heavy atom. The fourth-order valence-corrected chi connectivity index (χ4v) is 10.1. The van der Waals surface area contributed by atoms with E-state index >= 15 is 0 Å². The maximum Gasteiger partial charge on any atom is 3.00 e. The van der Waals surface area contributed by atoms with Crippen molar-refractivity contribution >= 4 is 22.8 Å². The van der Waals surface area contributed by atoms with E-state index in [2.05, 4.69) is 70.2 Å². The third-order valence-electron chi connectivity index (χ3n) is 12.9. The molecule has 1 heterocycles. The van der Waals surface area contributed by atoms with Gasteiger partial charge in [-0.3, -0.25) is 9.98 Å². The Bertz CT molecular complexity index is 1500. The zero-order valence-corrected chi connectivity index (χ0v) is 36.7. The molecule has 7 rings (SSSR count). The summed E-state index contributed by atoms with van der Waals surface area (Å²) in [4.78, 5) is 16.5. The second-order valence-corrected chi connectivity index (χ2v) is 16.7. The van der Waals surface area contributed by atoms with Gasteiger partial charge in [-0.15, -0.1) is 0 Å². The number of aryl methyl sites for hydroxylation is 2. The maximum absolute atomic E-state index is 5.58. The predicted octanol–water partition coefficient (Wildman–Crippen LogP) is 5.18. The fraction of sp³-hybridized carbons (Fsp3) is 0.596. The minimum Gasteiger partial charge on any atom is -1.00 e. The van der Waals surface area contributed by atoms with Gasteiger partial charge in [0.15, 0.2) is 0 Å². The van der Waals surface area contributed by atoms with Gasteiger partial charge in [0.25, 0.3) is 0 Å². The Morgan fingerprint density at radius 3 is 0.981 bits per heavy atom. The van der Waals surface area contributed by atoms with E-state index in [0.717, 1.165) is 22.8 Å². The van der Waals surface area contributed by atoms with Crippen LogP contribution in [0.3, 0.4) is 0 Å². The van der Waals surface area contributed by atoms with Crippen molar-refractivity contribution in [2.24, 2.45) is 9.98 Å². The summed E-state index contributed by atoms with van der Waals surface area (Å²) in [6.45, 7) is 8.99. The van der Waals surface area contributed by atoms with Crippen LogP contribution in [0.15, 0.2) is 52.4 Å². The molecule has 0 bridgehead atoms. The molecule has 0 spiro atoms. The summed E-state index contributed by atoms with van der Waals surface area (Å²) in [7, 11) is 0. The summed E-state index contributed by atoms with van der Waals surface area (Å²) in [5, 5.41) is 0. The van der Waals surface area contributed by atoms with Crippen LogP contribution in [0, 0.1) is 13.8 Å². The number of aromatic nitrogens is 1. The first-order valence-electron chi connectivity index (χ1n) is 20.8. The molecule has 295 valence electrons. The Balaban J connectivity index is 0.00000196. The molecule has 0 atom stereocenters. The van der Waals surface area contributed by atoms with Gasteiger partial charge in [-0.25, -0.2) is 4.98 Å². The molecule has 4 aliphatic carbocycles. The second-order valence-electron chi connectivity index (χ2n) is 16.7. The van der Waals surface area contributed by atoms with Gasteiger partial charge < -0.3 is 37.2 Å². The quantitative estimate of drug-likeness (QED) is 0.228. The van der Waals surface area contributed by atoms with Crippen molar-refractivity contribution in [2.75, 3.05) is 0 Å². The van der Waals surface area contributed by atoms with Gasteiger partial charge in [0.1, 0.15) is 0 Å². The second kappa shape index (κ2) is 22.3. The molecule has 4 saturated carbocycles. The molecule has 1 aromatic heterocycles. The molecule has 4 aliphatic rings. The van der Waals surface area contributed by atoms with E-state index in [0.29, 0.717) is 23.7 Å². The standard InChI is InChI=1S/C47H63N3.3ClH.Fe/c1-32-28-40(36-18-9-5-10-19-36)46(41(29-32)37-20-11-6-12-21-37)48-34(3)44-26-17-27-45(50-44)35(4)49-47-42(38-22-13-7-14-23-38)30-33(2)31-43(47)39-24-15-8-16-25-39;;;;/h17,26-31,36-39H,5-16,18-25H2,1-4H3;3*1H;/q;;;;+3/p-3. The molecule has 54 heavy (non-hydrogen) atoms. The smallest absolute Gasteiger partial charge is 1.00 e. The van der Waals surface area contributed by atoms with Gasteiger partial charge in [-0.05, 0) is 137 Å². The third-order valence-corrected chi connectivity index (χ3v) is 12.9. The van der Waals surface area contributed by atoms with Crippen molar-refractivity contribution in [1.29, 1.82) is 0 Å². The van der Waals surface area contributed by atoms with E-state index in [1.165, 1.54) is 173 Å². The average Bonchev–Trinajstić information content (AvgIpc) is 3.17. The molecule has 4 fully saturated rings. The number of pyridine rings is 1. The number of hydrogen-bond acceptors (Lipinski definition) is 3. The molecule has 2 aromatic carbocycles. The number of hydrogen-bond donors (Lipinski definition) is 0. The molecule has 0 saturated heterocycles. The van der Waals surface area contributed by atoms with Crippen LogP contribution < -0.4 is 37.2 Å². The third kappa shape index (κ3) is 11.2. The van der Waals surface area contributed by atoms with Crippen LogP contribution in [0.25, 0.3) is 0 Å². The van der Waals surface area contributed by atoms with E-state index in [1.54, 1.807) is 0 Å². The summed E-state index contributed by atoms with van der Waals surface area (Å²) in [5.41, 5.74) is 15.4. The molecular formula is C47H63Cl3FeN3. The van der Waals surface area contributed by atoms with Gasteiger partial charge in [-0.1, -0.05) is 119 Å². The molecule has 3 aromatic rings. The van der Waals surface area contributed by atoms with Crippen LogP contribution in [-0.4, -0.2) is 16.4 Å². The average molecular weight is 832 g/mol. The Labute approximate surface area is 357 Å². The normalized spacial score (nSPS) is 19.6. The number of rotatable bonds is 8. The van der Waals surface area contributed by atoms with Gasteiger partial charge >= 0.3 is 17.1 Å². The van der Waals surface area contributed by atoms with E-state index in [9.17, 15) is 0 Å². The summed E-state index contributed by atoms with van der Waals surface area (Å²) in [5.74, 6) is 2.49. The molecule has 0 amide bonds. The Kier molecular flexibility index (Phi) is 19.3. The van der Waals surface area contributed by atoms with Crippen molar-refractivity contribution in [3.63, 3.8) is 0 Å². The van der Waals surface area contributed by atoms with Crippen LogP contribution in [-0.2, 0) is 17.1 Å². The van der Waals surface area contributed by atoms with Crippen molar-refractivity contribution in [2.45, 2.75) is 180 Å². The SMILES string of the molecule is CC(=Nc1c(C2CCCCC2)cc(C)cc1C1CCCCC1)c1cccc(C(C)=Nc2c(C3CCCCC3)cc(C)cc2C2CCCCC2)n1.[Cl-].[Cl-].[Cl-].[Fe+3]. The Hall–Kier alpha value is -1.68. The predicted molar refractivity (Wildman–Crippen MR) is 214 cm³/mol. The van der Waals surface area contributed by atoms with Crippen LogP contribution in [0.5, 0.6) is 0 Å². The van der Waals surface area contributed by atoms with Crippen molar-refractivity contribution in [1.82, 2.24) is 4.98 Å². The molecule has 0 N–H and O–H groups in total. The van der Waals surface area contributed by atoms with Crippen molar-refractivity contribution < 1.29 is 54.3 Å². The first kappa shape index (κ1) is 46.7. The van der Waals surface area contributed by atoms with E-state index in [-0.39, 0.29) is 54.3 Å². The summed E-state index contributed by atoms with van der Waals surface area (Å²) < 4.78 is 0. The van der Waals surface area contributed by atoms with Crippen LogP contribution in [0.2, 0.25) is 0 Å². The number of halogens is 3.